The number of halogens is 1. The number of hydrogen-bond donors (Lipinski definition) is 1. The van der Waals surface area contributed by atoms with Crippen LogP contribution in [0.4, 0.5) is 4.39 Å². The number of fused-ring (bicyclic) bond motifs is 1. The fourth-order valence-corrected chi connectivity index (χ4v) is 4.52. The molecule has 2 aliphatic heterocycles. The molecule has 2 aromatic rings. The van der Waals surface area contributed by atoms with E-state index in [1.807, 2.05) is 0 Å². The summed E-state index contributed by atoms with van der Waals surface area (Å²) in [5.74, 6) is -3.59. The second kappa shape index (κ2) is 7.08. The number of imide groups is 1. The van der Waals surface area contributed by atoms with E-state index in [0.29, 0.717) is 11.1 Å². The molecule has 0 aliphatic carbocycles. The van der Waals surface area contributed by atoms with E-state index in [0.717, 1.165) is 4.90 Å². The van der Waals surface area contributed by atoms with Gasteiger partial charge in [-0.3, -0.25) is 19.8 Å². The number of carbonyl (C=O) groups excluding carboxylic acids is 3. The van der Waals surface area contributed by atoms with Gasteiger partial charge in [0, 0.05) is 13.1 Å². The molecule has 0 spiro atoms. The van der Waals surface area contributed by atoms with Crippen molar-refractivity contribution in [2.45, 2.75) is 18.5 Å². The van der Waals surface area contributed by atoms with Crippen LogP contribution in [0, 0.1) is 17.7 Å². The van der Waals surface area contributed by atoms with Gasteiger partial charge >= 0.3 is 5.97 Å². The molecule has 2 heterocycles. The topological polar surface area (TPSA) is 75.7 Å². The Hall–Kier alpha value is -3.06. The maximum Gasteiger partial charge on any atom is 0.331 e. The molecule has 1 N–H and O–H groups in total. The average molecular weight is 396 g/mol. The summed E-state index contributed by atoms with van der Waals surface area (Å²) in [7, 11) is 1.42. The third kappa shape index (κ3) is 2.76. The first-order valence-electron chi connectivity index (χ1n) is 9.49. The number of esters is 1. The van der Waals surface area contributed by atoms with Crippen molar-refractivity contribution in [3.8, 4) is 0 Å². The van der Waals surface area contributed by atoms with Crippen LogP contribution in [-0.4, -0.2) is 36.3 Å². The highest BCUT2D eigenvalue weighted by molar-refractivity contribution is 6.09. The van der Waals surface area contributed by atoms with Gasteiger partial charge in [0.25, 0.3) is 0 Å². The van der Waals surface area contributed by atoms with Gasteiger partial charge in [0.2, 0.25) is 11.8 Å². The zero-order valence-electron chi connectivity index (χ0n) is 16.1. The van der Waals surface area contributed by atoms with E-state index < -0.39 is 41.1 Å². The van der Waals surface area contributed by atoms with Crippen molar-refractivity contribution in [3.05, 3.63) is 71.5 Å². The zero-order valence-corrected chi connectivity index (χ0v) is 16.1. The molecule has 0 bridgehead atoms. The predicted octanol–water partition coefficient (Wildman–Crippen LogP) is 2.16. The Bertz CT molecular complexity index is 963. The van der Waals surface area contributed by atoms with Crippen LogP contribution in [0.2, 0.25) is 0 Å². The third-order valence-corrected chi connectivity index (χ3v) is 5.84. The van der Waals surface area contributed by atoms with Crippen molar-refractivity contribution < 1.29 is 23.5 Å². The number of carbonyl (C=O) groups is 3. The molecule has 2 aliphatic rings. The Balaban J connectivity index is 1.93. The number of benzene rings is 2. The lowest BCUT2D eigenvalue weighted by Crippen LogP contribution is -2.53. The molecule has 4 atom stereocenters. The van der Waals surface area contributed by atoms with E-state index in [4.69, 9.17) is 4.74 Å². The van der Waals surface area contributed by atoms with Gasteiger partial charge in [-0.25, -0.2) is 9.18 Å². The Morgan fingerprint density at radius 1 is 1.10 bits per heavy atom. The van der Waals surface area contributed by atoms with Gasteiger partial charge in [0.1, 0.15) is 5.82 Å². The summed E-state index contributed by atoms with van der Waals surface area (Å²) in [6.07, 6.45) is 0. The van der Waals surface area contributed by atoms with Crippen molar-refractivity contribution >= 4 is 17.8 Å². The normalized spacial score (nSPS) is 28.5. The molecule has 0 unspecified atom stereocenters. The highest BCUT2D eigenvalue weighted by Gasteiger charge is 2.69. The highest BCUT2D eigenvalue weighted by atomic mass is 19.1. The summed E-state index contributed by atoms with van der Waals surface area (Å²) in [4.78, 5) is 40.5. The lowest BCUT2D eigenvalue weighted by atomic mass is 9.75. The minimum Gasteiger partial charge on any atom is -0.464 e. The van der Waals surface area contributed by atoms with Crippen LogP contribution in [0.15, 0.2) is 54.6 Å². The first kappa shape index (κ1) is 19.3. The summed E-state index contributed by atoms with van der Waals surface area (Å²) in [5, 5.41) is 3.26. The first-order valence-corrected chi connectivity index (χ1v) is 9.49. The van der Waals surface area contributed by atoms with Crippen LogP contribution in [-0.2, 0) is 24.7 Å². The summed E-state index contributed by atoms with van der Waals surface area (Å²) in [5.41, 5.74) is -0.340. The van der Waals surface area contributed by atoms with Gasteiger partial charge in [-0.05, 0) is 30.2 Å². The monoisotopic (exact) mass is 396 g/mol. The smallest absolute Gasteiger partial charge is 0.331 e. The second-order valence-electron chi connectivity index (χ2n) is 7.31. The van der Waals surface area contributed by atoms with E-state index in [2.05, 4.69) is 5.32 Å². The highest BCUT2D eigenvalue weighted by Crippen LogP contribution is 2.53. The lowest BCUT2D eigenvalue weighted by molar-refractivity contribution is -0.156. The van der Waals surface area contributed by atoms with Gasteiger partial charge in [-0.1, -0.05) is 42.5 Å². The summed E-state index contributed by atoms with van der Waals surface area (Å²) in [6.45, 7) is 1.82. The van der Waals surface area contributed by atoms with E-state index in [9.17, 15) is 18.8 Å². The van der Waals surface area contributed by atoms with Crippen LogP contribution >= 0.6 is 0 Å². The van der Waals surface area contributed by atoms with Crippen LogP contribution in [0.3, 0.4) is 0 Å². The molecule has 2 amide bonds. The summed E-state index contributed by atoms with van der Waals surface area (Å²) in [6, 6.07) is 13.9. The van der Waals surface area contributed by atoms with E-state index >= 15 is 0 Å². The largest absolute Gasteiger partial charge is 0.464 e. The van der Waals surface area contributed by atoms with Gasteiger partial charge in [-0.2, -0.15) is 0 Å². The Morgan fingerprint density at radius 2 is 1.76 bits per heavy atom. The molecule has 150 valence electrons. The SMILES string of the molecule is CCOC(=O)[C@@]1(c2ccccc2)N[C@@H](c2ccc(F)cc2)[C@H]2C(=O)N(C)C(=O)[C@H]21. The van der Waals surface area contributed by atoms with Crippen molar-refractivity contribution in [3.63, 3.8) is 0 Å². The molecule has 0 saturated carbocycles. The van der Waals surface area contributed by atoms with E-state index in [-0.39, 0.29) is 12.5 Å². The Kier molecular flexibility index (Phi) is 4.70. The standard InChI is InChI=1S/C22H21FN2O4/c1-3-29-21(28)22(14-7-5-4-6-8-14)17-16(19(26)25(2)20(17)27)18(24-22)13-9-11-15(23)12-10-13/h4-12,16-18,24H,3H2,1-2H3/t16-,17-,18-,22-/m0/s1. The van der Waals surface area contributed by atoms with E-state index in [1.165, 1.54) is 19.2 Å². The lowest BCUT2D eigenvalue weighted by Gasteiger charge is -2.33. The Morgan fingerprint density at radius 3 is 2.38 bits per heavy atom. The first-order chi connectivity index (χ1) is 13.9. The van der Waals surface area contributed by atoms with Gasteiger partial charge in [0.15, 0.2) is 5.54 Å². The van der Waals surface area contributed by atoms with Crippen molar-refractivity contribution in [1.29, 1.82) is 0 Å². The number of likely N-dealkylation sites (tertiary alicyclic amines) is 1. The third-order valence-electron chi connectivity index (χ3n) is 5.84. The number of rotatable bonds is 4. The fourth-order valence-electron chi connectivity index (χ4n) is 4.52. The maximum absolute atomic E-state index is 13.5. The minimum atomic E-state index is -1.52. The van der Waals surface area contributed by atoms with Gasteiger partial charge in [-0.15, -0.1) is 0 Å². The van der Waals surface area contributed by atoms with Crippen LogP contribution in [0.5, 0.6) is 0 Å². The molecule has 0 aromatic heterocycles. The number of amides is 2. The molecule has 6 nitrogen and oxygen atoms in total. The van der Waals surface area contributed by atoms with E-state index in [1.54, 1.807) is 49.4 Å². The number of nitrogens with one attached hydrogen (secondary N) is 1. The minimum absolute atomic E-state index is 0.131. The molecule has 2 saturated heterocycles. The molecule has 4 rings (SSSR count). The molecule has 0 radical (unpaired) electrons. The molecular weight excluding hydrogens is 375 g/mol. The van der Waals surface area contributed by atoms with Crippen LogP contribution in [0.25, 0.3) is 0 Å². The molecular formula is C22H21FN2O4. The zero-order chi connectivity index (χ0) is 20.8. The van der Waals surface area contributed by atoms with Crippen molar-refractivity contribution in [2.24, 2.45) is 11.8 Å². The maximum atomic E-state index is 13.5. The number of ether oxygens (including phenoxy) is 1. The number of hydrogen-bond acceptors (Lipinski definition) is 5. The second-order valence-corrected chi connectivity index (χ2v) is 7.31. The molecule has 7 heteroatoms. The average Bonchev–Trinajstić information content (AvgIpc) is 3.20. The summed E-state index contributed by atoms with van der Waals surface area (Å²) >= 11 is 0. The fraction of sp³-hybridized carbons (Fsp3) is 0.318. The van der Waals surface area contributed by atoms with Gasteiger partial charge < -0.3 is 4.74 Å². The van der Waals surface area contributed by atoms with Crippen LogP contribution in [0.1, 0.15) is 24.1 Å². The van der Waals surface area contributed by atoms with Crippen LogP contribution < -0.4 is 5.32 Å². The Labute approximate surface area is 167 Å². The molecule has 29 heavy (non-hydrogen) atoms. The van der Waals surface area contributed by atoms with Crippen molar-refractivity contribution in [1.82, 2.24) is 10.2 Å². The van der Waals surface area contributed by atoms with Gasteiger partial charge in [0.05, 0.1) is 18.4 Å². The quantitative estimate of drug-likeness (QED) is 0.633. The predicted molar refractivity (Wildman–Crippen MR) is 102 cm³/mol. The molecule has 2 aromatic carbocycles. The van der Waals surface area contributed by atoms with Crippen molar-refractivity contribution in [2.75, 3.05) is 13.7 Å². The number of nitrogens with zero attached hydrogens (tertiary/aromatic N) is 1. The molecule has 2 fully saturated rings. The summed E-state index contributed by atoms with van der Waals surface area (Å²) < 4.78 is 18.8.